The molecule has 0 bridgehead atoms. The number of non-ortho nitro benzene ring substituents is 1. The van der Waals surface area contributed by atoms with E-state index in [-0.39, 0.29) is 11.5 Å². The molecular formula is C10H8FN5O3. The number of carbonyl (C=O) groups is 1. The third-order valence-corrected chi connectivity index (χ3v) is 2.23. The van der Waals surface area contributed by atoms with Crippen LogP contribution in [-0.4, -0.2) is 26.0 Å². The third kappa shape index (κ3) is 2.70. The quantitative estimate of drug-likeness (QED) is 0.643. The van der Waals surface area contributed by atoms with Crippen LogP contribution in [0, 0.1) is 22.9 Å². The van der Waals surface area contributed by atoms with Crippen LogP contribution in [0.25, 0.3) is 0 Å². The van der Waals surface area contributed by atoms with Crippen molar-refractivity contribution in [2.75, 3.05) is 5.32 Å². The summed E-state index contributed by atoms with van der Waals surface area (Å²) in [5.41, 5.74) is -0.754. The predicted octanol–water partition coefficient (Wildman–Crippen LogP) is 1.41. The lowest BCUT2D eigenvalue weighted by Gasteiger charge is -2.02. The number of nitro benzene ring substituents is 1. The largest absolute Gasteiger partial charge is 0.289 e. The molecular weight excluding hydrogens is 257 g/mol. The molecule has 98 valence electrons. The number of halogens is 1. The third-order valence-electron chi connectivity index (χ3n) is 2.23. The molecule has 1 amide bonds. The molecule has 0 spiro atoms. The van der Waals surface area contributed by atoms with Gasteiger partial charge in [0.2, 0.25) is 5.95 Å². The maximum atomic E-state index is 13.6. The zero-order valence-electron chi connectivity index (χ0n) is 9.68. The van der Waals surface area contributed by atoms with Gasteiger partial charge in [0.05, 0.1) is 16.6 Å². The Bertz CT molecular complexity index is 654. The van der Waals surface area contributed by atoms with Crippen molar-refractivity contribution < 1.29 is 14.1 Å². The van der Waals surface area contributed by atoms with Crippen LogP contribution in [0.3, 0.4) is 0 Å². The second-order valence-electron chi connectivity index (χ2n) is 3.62. The fourth-order valence-electron chi connectivity index (χ4n) is 1.37. The summed E-state index contributed by atoms with van der Waals surface area (Å²) < 4.78 is 13.6. The summed E-state index contributed by atoms with van der Waals surface area (Å²) in [6.45, 7) is 1.63. The van der Waals surface area contributed by atoms with Crippen LogP contribution >= 0.6 is 0 Å². The first-order chi connectivity index (χ1) is 8.97. The molecule has 0 saturated heterocycles. The van der Waals surface area contributed by atoms with Gasteiger partial charge in [-0.3, -0.25) is 25.3 Å². The molecule has 0 fully saturated rings. The van der Waals surface area contributed by atoms with E-state index in [0.717, 1.165) is 12.1 Å². The molecule has 0 radical (unpaired) electrons. The van der Waals surface area contributed by atoms with Gasteiger partial charge in [-0.25, -0.2) is 4.39 Å². The number of nitrogens with one attached hydrogen (secondary N) is 2. The minimum absolute atomic E-state index is 0.000234. The Labute approximate surface area is 105 Å². The van der Waals surface area contributed by atoms with Crippen molar-refractivity contribution in [1.82, 2.24) is 15.2 Å². The lowest BCUT2D eigenvalue weighted by molar-refractivity contribution is -0.385. The standard InChI is InChI=1S/C10H8FN5O3/c1-5-12-10(15-14-5)13-9(17)7-3-2-6(16(18)19)4-8(7)11/h2-4H,1H3,(H2,12,13,14,15,17). The molecule has 0 atom stereocenters. The van der Waals surface area contributed by atoms with Gasteiger partial charge in [0, 0.05) is 6.07 Å². The van der Waals surface area contributed by atoms with E-state index in [9.17, 15) is 19.3 Å². The van der Waals surface area contributed by atoms with E-state index >= 15 is 0 Å². The van der Waals surface area contributed by atoms with Crippen molar-refractivity contribution in [3.8, 4) is 0 Å². The number of nitro groups is 1. The van der Waals surface area contributed by atoms with Gasteiger partial charge in [-0.2, -0.15) is 4.98 Å². The molecule has 2 rings (SSSR count). The Morgan fingerprint density at radius 1 is 1.53 bits per heavy atom. The van der Waals surface area contributed by atoms with E-state index in [1.54, 1.807) is 6.92 Å². The molecule has 19 heavy (non-hydrogen) atoms. The van der Waals surface area contributed by atoms with Gasteiger partial charge in [-0.15, -0.1) is 5.10 Å². The maximum Gasteiger partial charge on any atom is 0.272 e. The number of aryl methyl sites for hydroxylation is 1. The van der Waals surface area contributed by atoms with Crippen LogP contribution in [0.1, 0.15) is 16.2 Å². The number of hydrogen-bond acceptors (Lipinski definition) is 5. The van der Waals surface area contributed by atoms with Crippen LogP contribution in [0.4, 0.5) is 16.0 Å². The van der Waals surface area contributed by atoms with Crippen LogP contribution < -0.4 is 5.32 Å². The van der Waals surface area contributed by atoms with Crippen molar-refractivity contribution >= 4 is 17.5 Å². The topological polar surface area (TPSA) is 114 Å². The van der Waals surface area contributed by atoms with E-state index in [0.29, 0.717) is 11.9 Å². The van der Waals surface area contributed by atoms with E-state index < -0.39 is 22.3 Å². The Morgan fingerprint density at radius 3 is 2.79 bits per heavy atom. The van der Waals surface area contributed by atoms with Crippen LogP contribution in [0.2, 0.25) is 0 Å². The lowest BCUT2D eigenvalue weighted by Crippen LogP contribution is -2.15. The number of aromatic nitrogens is 3. The molecule has 1 aromatic heterocycles. The molecule has 2 N–H and O–H groups in total. The molecule has 1 heterocycles. The average Bonchev–Trinajstić information content (AvgIpc) is 2.74. The van der Waals surface area contributed by atoms with Crippen LogP contribution in [0.15, 0.2) is 18.2 Å². The Hall–Kier alpha value is -2.84. The monoisotopic (exact) mass is 265 g/mol. The number of amides is 1. The summed E-state index contributed by atoms with van der Waals surface area (Å²) in [6.07, 6.45) is 0. The minimum atomic E-state index is -0.987. The summed E-state index contributed by atoms with van der Waals surface area (Å²) in [6, 6.07) is 2.75. The number of rotatable bonds is 3. The molecule has 0 aliphatic carbocycles. The molecule has 1 aromatic carbocycles. The van der Waals surface area contributed by atoms with Gasteiger partial charge in [0.25, 0.3) is 11.6 Å². The van der Waals surface area contributed by atoms with E-state index in [1.165, 1.54) is 0 Å². The molecule has 0 saturated carbocycles. The molecule has 0 aliphatic heterocycles. The summed E-state index contributed by atoms with van der Waals surface area (Å²) in [4.78, 5) is 25.2. The highest BCUT2D eigenvalue weighted by molar-refractivity contribution is 6.03. The summed E-state index contributed by atoms with van der Waals surface area (Å²) in [5, 5.41) is 18.9. The number of anilines is 1. The molecule has 2 aromatic rings. The first kappa shape index (κ1) is 12.6. The smallest absolute Gasteiger partial charge is 0.272 e. The molecule has 0 aliphatic rings. The Morgan fingerprint density at radius 2 is 2.26 bits per heavy atom. The van der Waals surface area contributed by atoms with Crippen LogP contribution in [0.5, 0.6) is 0 Å². The van der Waals surface area contributed by atoms with Crippen molar-refractivity contribution in [2.24, 2.45) is 0 Å². The summed E-state index contributed by atoms with van der Waals surface area (Å²) in [5.74, 6) is -1.29. The summed E-state index contributed by atoms with van der Waals surface area (Å²) >= 11 is 0. The fraction of sp³-hybridized carbons (Fsp3) is 0.100. The average molecular weight is 265 g/mol. The van der Waals surface area contributed by atoms with Crippen molar-refractivity contribution in [1.29, 1.82) is 0 Å². The van der Waals surface area contributed by atoms with Gasteiger partial charge >= 0.3 is 0 Å². The van der Waals surface area contributed by atoms with Gasteiger partial charge in [-0.1, -0.05) is 0 Å². The molecule has 0 unspecified atom stereocenters. The second-order valence-corrected chi connectivity index (χ2v) is 3.62. The number of aromatic amines is 1. The fourth-order valence-corrected chi connectivity index (χ4v) is 1.37. The summed E-state index contributed by atoms with van der Waals surface area (Å²) in [7, 11) is 0. The van der Waals surface area contributed by atoms with Crippen molar-refractivity contribution in [2.45, 2.75) is 6.92 Å². The highest BCUT2D eigenvalue weighted by Gasteiger charge is 2.17. The Kier molecular flexibility index (Phi) is 3.19. The second kappa shape index (κ2) is 4.80. The number of carbonyl (C=O) groups excluding carboxylic acids is 1. The number of nitrogens with zero attached hydrogens (tertiary/aromatic N) is 3. The number of H-pyrrole nitrogens is 1. The predicted molar refractivity (Wildman–Crippen MR) is 62.1 cm³/mol. The van der Waals surface area contributed by atoms with Gasteiger partial charge in [0.1, 0.15) is 11.6 Å². The Balaban J connectivity index is 2.22. The SMILES string of the molecule is Cc1nc(NC(=O)c2ccc([N+](=O)[O-])cc2F)n[nH]1. The maximum absolute atomic E-state index is 13.6. The van der Waals surface area contributed by atoms with Crippen molar-refractivity contribution in [3.63, 3.8) is 0 Å². The number of benzene rings is 1. The van der Waals surface area contributed by atoms with Gasteiger partial charge in [0.15, 0.2) is 0 Å². The first-order valence-corrected chi connectivity index (χ1v) is 5.11. The zero-order valence-corrected chi connectivity index (χ0v) is 9.68. The highest BCUT2D eigenvalue weighted by Crippen LogP contribution is 2.17. The van der Waals surface area contributed by atoms with Gasteiger partial charge in [-0.05, 0) is 13.0 Å². The highest BCUT2D eigenvalue weighted by atomic mass is 19.1. The van der Waals surface area contributed by atoms with E-state index in [4.69, 9.17) is 0 Å². The van der Waals surface area contributed by atoms with Crippen molar-refractivity contribution in [3.05, 3.63) is 45.5 Å². The molecule has 8 nitrogen and oxygen atoms in total. The lowest BCUT2D eigenvalue weighted by atomic mass is 10.2. The first-order valence-electron chi connectivity index (χ1n) is 5.11. The zero-order chi connectivity index (χ0) is 14.0. The van der Waals surface area contributed by atoms with E-state index in [1.807, 2.05) is 0 Å². The molecule has 9 heteroatoms. The normalized spacial score (nSPS) is 10.2. The van der Waals surface area contributed by atoms with Gasteiger partial charge < -0.3 is 0 Å². The van der Waals surface area contributed by atoms with Crippen LogP contribution in [-0.2, 0) is 0 Å². The minimum Gasteiger partial charge on any atom is -0.289 e. The van der Waals surface area contributed by atoms with E-state index in [2.05, 4.69) is 20.5 Å². The number of hydrogen-bond donors (Lipinski definition) is 2.